The molecule has 1 aromatic carbocycles. The Labute approximate surface area is 108 Å². The molecule has 0 bridgehead atoms. The van der Waals surface area contributed by atoms with Crippen molar-refractivity contribution in [3.63, 3.8) is 0 Å². The molecule has 0 aliphatic rings. The smallest absolute Gasteiger partial charge is 0.416 e. The number of benzene rings is 1. The van der Waals surface area contributed by atoms with Crippen molar-refractivity contribution in [1.82, 2.24) is 5.43 Å². The summed E-state index contributed by atoms with van der Waals surface area (Å²) >= 11 is 0. The van der Waals surface area contributed by atoms with Gasteiger partial charge in [0, 0.05) is 6.42 Å². The van der Waals surface area contributed by atoms with E-state index in [0.29, 0.717) is 12.2 Å². The maximum absolute atomic E-state index is 12.3. The van der Waals surface area contributed by atoms with Gasteiger partial charge in [0.05, 0.1) is 11.7 Å². The molecule has 0 heterocycles. The van der Waals surface area contributed by atoms with Crippen LogP contribution >= 0.6 is 0 Å². The molecular formula is C12H15F3N2O2. The number of nitrogens with one attached hydrogen (secondary N) is 1. The molecule has 1 amide bonds. The van der Waals surface area contributed by atoms with Crippen molar-refractivity contribution in [2.24, 2.45) is 5.84 Å². The van der Waals surface area contributed by atoms with Crippen LogP contribution < -0.4 is 16.0 Å². The van der Waals surface area contributed by atoms with Crippen LogP contribution in [0.15, 0.2) is 24.3 Å². The van der Waals surface area contributed by atoms with E-state index in [-0.39, 0.29) is 18.4 Å². The number of hydrogen-bond acceptors (Lipinski definition) is 3. The topological polar surface area (TPSA) is 64.4 Å². The molecular weight excluding hydrogens is 261 g/mol. The first-order chi connectivity index (χ1) is 8.82. The number of carbonyl (C=O) groups is 1. The Bertz CT molecular complexity index is 418. The molecule has 1 atom stereocenters. The first-order valence-electron chi connectivity index (χ1n) is 5.66. The highest BCUT2D eigenvalue weighted by atomic mass is 19.4. The number of halogens is 3. The average molecular weight is 276 g/mol. The van der Waals surface area contributed by atoms with E-state index < -0.39 is 11.7 Å². The fourth-order valence-corrected chi connectivity index (χ4v) is 1.42. The van der Waals surface area contributed by atoms with Crippen molar-refractivity contribution >= 4 is 5.91 Å². The number of hydrogen-bond donors (Lipinski definition) is 2. The highest BCUT2D eigenvalue weighted by molar-refractivity contribution is 5.75. The van der Waals surface area contributed by atoms with Crippen LogP contribution in [0.3, 0.4) is 0 Å². The van der Waals surface area contributed by atoms with E-state index >= 15 is 0 Å². The summed E-state index contributed by atoms with van der Waals surface area (Å²) < 4.78 is 42.4. The van der Waals surface area contributed by atoms with Crippen molar-refractivity contribution in [2.75, 3.05) is 0 Å². The molecule has 0 fully saturated rings. The lowest BCUT2D eigenvalue weighted by Crippen LogP contribution is -2.30. The number of alkyl halides is 3. The van der Waals surface area contributed by atoms with Gasteiger partial charge in [-0.25, -0.2) is 5.84 Å². The third kappa shape index (κ3) is 5.17. The van der Waals surface area contributed by atoms with Crippen LogP contribution in [-0.4, -0.2) is 12.0 Å². The third-order valence-electron chi connectivity index (χ3n) is 2.46. The van der Waals surface area contributed by atoms with Gasteiger partial charge in [0.2, 0.25) is 5.91 Å². The van der Waals surface area contributed by atoms with E-state index in [1.54, 1.807) is 6.92 Å². The van der Waals surface area contributed by atoms with Crippen LogP contribution in [0.5, 0.6) is 5.75 Å². The van der Waals surface area contributed by atoms with Gasteiger partial charge in [-0.15, -0.1) is 0 Å². The summed E-state index contributed by atoms with van der Waals surface area (Å²) in [6, 6.07) is 4.41. The molecule has 0 aliphatic heterocycles. The van der Waals surface area contributed by atoms with E-state index in [9.17, 15) is 18.0 Å². The lowest BCUT2D eigenvalue weighted by atomic mass is 10.2. The quantitative estimate of drug-likeness (QED) is 0.492. The molecule has 0 saturated carbocycles. The van der Waals surface area contributed by atoms with E-state index in [1.807, 2.05) is 5.43 Å². The maximum Gasteiger partial charge on any atom is 0.416 e. The fraction of sp³-hybridized carbons (Fsp3) is 0.417. The first-order valence-corrected chi connectivity index (χ1v) is 5.66. The van der Waals surface area contributed by atoms with Gasteiger partial charge in [0.1, 0.15) is 5.75 Å². The summed E-state index contributed by atoms with van der Waals surface area (Å²) in [6.45, 7) is 1.72. The Morgan fingerprint density at radius 1 is 1.37 bits per heavy atom. The number of hydrazine groups is 1. The van der Waals surface area contributed by atoms with E-state index in [2.05, 4.69) is 0 Å². The zero-order valence-corrected chi connectivity index (χ0v) is 10.3. The van der Waals surface area contributed by atoms with Crippen molar-refractivity contribution in [3.8, 4) is 5.75 Å². The van der Waals surface area contributed by atoms with Gasteiger partial charge >= 0.3 is 6.18 Å². The van der Waals surface area contributed by atoms with Crippen molar-refractivity contribution in [3.05, 3.63) is 29.8 Å². The Kier molecular flexibility index (Phi) is 5.17. The SMILES string of the molecule is CC(CCC(=O)NN)Oc1ccc(C(F)(F)F)cc1. The second kappa shape index (κ2) is 6.42. The Morgan fingerprint density at radius 2 is 1.95 bits per heavy atom. The van der Waals surface area contributed by atoms with E-state index in [1.165, 1.54) is 12.1 Å². The molecule has 3 N–H and O–H groups in total. The molecule has 1 rings (SSSR count). The molecule has 1 unspecified atom stereocenters. The summed E-state index contributed by atoms with van der Waals surface area (Å²) in [7, 11) is 0. The second-order valence-electron chi connectivity index (χ2n) is 4.06. The molecule has 7 heteroatoms. The van der Waals surface area contributed by atoms with Crippen LogP contribution in [0.1, 0.15) is 25.3 Å². The van der Waals surface area contributed by atoms with Crippen LogP contribution in [0.2, 0.25) is 0 Å². The average Bonchev–Trinajstić information content (AvgIpc) is 2.35. The van der Waals surface area contributed by atoms with Crippen LogP contribution in [0.4, 0.5) is 13.2 Å². The summed E-state index contributed by atoms with van der Waals surface area (Å²) in [5.74, 6) is 4.93. The fourth-order valence-electron chi connectivity index (χ4n) is 1.42. The number of nitrogens with two attached hydrogens (primary N) is 1. The van der Waals surface area contributed by atoms with Gasteiger partial charge in [0.25, 0.3) is 0 Å². The molecule has 4 nitrogen and oxygen atoms in total. The molecule has 106 valence electrons. The minimum Gasteiger partial charge on any atom is -0.491 e. The molecule has 0 aliphatic carbocycles. The van der Waals surface area contributed by atoms with Gasteiger partial charge in [-0.3, -0.25) is 10.2 Å². The van der Waals surface area contributed by atoms with Gasteiger partial charge in [0.15, 0.2) is 0 Å². The highest BCUT2D eigenvalue weighted by Gasteiger charge is 2.30. The Hall–Kier alpha value is -1.76. The minimum absolute atomic E-state index is 0.193. The van der Waals surface area contributed by atoms with Gasteiger partial charge in [-0.05, 0) is 37.6 Å². The van der Waals surface area contributed by atoms with Gasteiger partial charge in [-0.1, -0.05) is 0 Å². The Balaban J connectivity index is 2.51. The monoisotopic (exact) mass is 276 g/mol. The van der Waals surface area contributed by atoms with E-state index in [4.69, 9.17) is 10.6 Å². The van der Waals surface area contributed by atoms with Crippen molar-refractivity contribution in [2.45, 2.75) is 32.0 Å². The lowest BCUT2D eigenvalue weighted by molar-refractivity contribution is -0.137. The summed E-state index contributed by atoms with van der Waals surface area (Å²) in [6.07, 6.45) is -4.04. The normalized spacial score (nSPS) is 12.9. The molecule has 0 radical (unpaired) electrons. The van der Waals surface area contributed by atoms with Crippen LogP contribution in [0.25, 0.3) is 0 Å². The van der Waals surface area contributed by atoms with Gasteiger partial charge in [-0.2, -0.15) is 13.2 Å². The summed E-state index contributed by atoms with van der Waals surface area (Å²) in [5, 5.41) is 0. The van der Waals surface area contributed by atoms with E-state index in [0.717, 1.165) is 12.1 Å². The largest absolute Gasteiger partial charge is 0.491 e. The minimum atomic E-state index is -4.36. The predicted octanol–water partition coefficient (Wildman–Crippen LogP) is 2.24. The number of rotatable bonds is 5. The number of amides is 1. The molecule has 19 heavy (non-hydrogen) atoms. The zero-order valence-electron chi connectivity index (χ0n) is 10.3. The lowest BCUT2D eigenvalue weighted by Gasteiger charge is -2.15. The van der Waals surface area contributed by atoms with Crippen molar-refractivity contribution < 1.29 is 22.7 Å². The summed E-state index contributed by atoms with van der Waals surface area (Å²) in [4.78, 5) is 10.9. The maximum atomic E-state index is 12.3. The highest BCUT2D eigenvalue weighted by Crippen LogP contribution is 2.30. The molecule has 0 spiro atoms. The third-order valence-corrected chi connectivity index (χ3v) is 2.46. The first kappa shape index (κ1) is 15.3. The van der Waals surface area contributed by atoms with Crippen LogP contribution in [-0.2, 0) is 11.0 Å². The standard InChI is InChI=1S/C12H15F3N2O2/c1-8(2-7-11(18)17-16)19-10-5-3-9(4-6-10)12(13,14)15/h3-6,8H,2,7,16H2,1H3,(H,17,18). The van der Waals surface area contributed by atoms with Gasteiger partial charge < -0.3 is 4.74 Å². The molecule has 0 saturated heterocycles. The predicted molar refractivity (Wildman–Crippen MR) is 63.1 cm³/mol. The molecule has 0 aromatic heterocycles. The van der Waals surface area contributed by atoms with Crippen LogP contribution in [0, 0.1) is 0 Å². The van der Waals surface area contributed by atoms with Crippen molar-refractivity contribution in [1.29, 1.82) is 0 Å². The second-order valence-corrected chi connectivity index (χ2v) is 4.06. The number of carbonyl (C=O) groups excluding carboxylic acids is 1. The molecule has 1 aromatic rings. The zero-order chi connectivity index (χ0) is 14.5. The summed E-state index contributed by atoms with van der Waals surface area (Å²) in [5.41, 5.74) is 1.26. The Morgan fingerprint density at radius 3 is 2.42 bits per heavy atom. The number of ether oxygens (including phenoxy) is 1.